The molecule has 0 bridgehead atoms. The molecule has 0 aliphatic rings. The summed E-state index contributed by atoms with van der Waals surface area (Å²) in [6.45, 7) is 0.296. The quantitative estimate of drug-likeness (QED) is 0.697. The van der Waals surface area contributed by atoms with Gasteiger partial charge in [0.1, 0.15) is 17.9 Å². The van der Waals surface area contributed by atoms with Crippen LogP contribution in [0.1, 0.15) is 15.9 Å². The zero-order chi connectivity index (χ0) is 17.8. The van der Waals surface area contributed by atoms with Gasteiger partial charge in [-0.2, -0.15) is 5.10 Å². The molecule has 0 aliphatic heterocycles. The van der Waals surface area contributed by atoms with Gasteiger partial charge < -0.3 is 15.2 Å². The third-order valence-electron chi connectivity index (χ3n) is 4.08. The lowest BCUT2D eigenvalue weighted by Crippen LogP contribution is -2.30. The Morgan fingerprint density at radius 1 is 1.24 bits per heavy atom. The van der Waals surface area contributed by atoms with E-state index in [0.717, 1.165) is 11.1 Å². The maximum atomic E-state index is 12.2. The number of aryl methyl sites for hydroxylation is 1. The van der Waals surface area contributed by atoms with Crippen molar-refractivity contribution in [3.8, 4) is 5.75 Å². The third kappa shape index (κ3) is 3.64. The van der Waals surface area contributed by atoms with Gasteiger partial charge in [-0.05, 0) is 24.1 Å². The van der Waals surface area contributed by atoms with Gasteiger partial charge in [-0.3, -0.25) is 4.68 Å². The van der Waals surface area contributed by atoms with E-state index in [1.165, 1.54) is 7.11 Å². The second kappa shape index (κ2) is 7.36. The minimum atomic E-state index is -0.453. The van der Waals surface area contributed by atoms with E-state index in [0.29, 0.717) is 29.7 Å². The Bertz CT molecular complexity index is 874. The van der Waals surface area contributed by atoms with Gasteiger partial charge in [-0.25, -0.2) is 4.79 Å². The SMILES string of the molecule is COC(=O)c1c(OCC(N)Cc2ccccc2)ccc2c1cnn2C. The minimum Gasteiger partial charge on any atom is -0.491 e. The number of methoxy groups -OCH3 is 1. The number of hydrogen-bond acceptors (Lipinski definition) is 5. The van der Waals surface area contributed by atoms with Crippen molar-refractivity contribution in [1.29, 1.82) is 0 Å². The summed E-state index contributed by atoms with van der Waals surface area (Å²) in [6, 6.07) is 13.4. The zero-order valence-corrected chi connectivity index (χ0v) is 14.3. The molecule has 0 spiro atoms. The standard InChI is InChI=1S/C19H21N3O3/c1-22-16-8-9-17(18(19(23)24-2)15(16)11-21-22)25-12-14(20)10-13-6-4-3-5-7-13/h3-9,11,14H,10,12,20H2,1-2H3. The van der Waals surface area contributed by atoms with Crippen LogP contribution in [0.4, 0.5) is 0 Å². The summed E-state index contributed by atoms with van der Waals surface area (Å²) in [4.78, 5) is 12.2. The van der Waals surface area contributed by atoms with Crippen LogP contribution < -0.4 is 10.5 Å². The molecule has 25 heavy (non-hydrogen) atoms. The van der Waals surface area contributed by atoms with Crippen LogP contribution in [0.15, 0.2) is 48.7 Å². The molecule has 0 aliphatic carbocycles. The van der Waals surface area contributed by atoms with Gasteiger partial charge in [0.15, 0.2) is 0 Å². The second-order valence-corrected chi connectivity index (χ2v) is 5.89. The Morgan fingerprint density at radius 3 is 2.72 bits per heavy atom. The molecule has 0 amide bonds. The van der Waals surface area contributed by atoms with E-state index in [1.807, 2.05) is 43.4 Å². The van der Waals surface area contributed by atoms with Crippen molar-refractivity contribution < 1.29 is 14.3 Å². The average Bonchev–Trinajstić information content (AvgIpc) is 3.01. The van der Waals surface area contributed by atoms with Crippen molar-refractivity contribution in [3.05, 3.63) is 59.8 Å². The molecule has 0 saturated carbocycles. The number of carbonyl (C=O) groups is 1. The minimum absolute atomic E-state index is 0.183. The maximum absolute atomic E-state index is 12.2. The van der Waals surface area contributed by atoms with Crippen molar-refractivity contribution >= 4 is 16.9 Å². The number of rotatable bonds is 6. The first-order valence-corrected chi connectivity index (χ1v) is 8.05. The summed E-state index contributed by atoms with van der Waals surface area (Å²) in [6.07, 6.45) is 2.34. The number of carbonyl (C=O) groups excluding carboxylic acids is 1. The topological polar surface area (TPSA) is 79.4 Å². The van der Waals surface area contributed by atoms with Gasteiger partial charge in [-0.15, -0.1) is 0 Å². The number of aromatic nitrogens is 2. The highest BCUT2D eigenvalue weighted by molar-refractivity contribution is 6.06. The number of nitrogens with two attached hydrogens (primary N) is 1. The average molecular weight is 339 g/mol. The smallest absolute Gasteiger partial charge is 0.342 e. The van der Waals surface area contributed by atoms with Gasteiger partial charge in [-0.1, -0.05) is 30.3 Å². The van der Waals surface area contributed by atoms with Gasteiger partial charge in [0.2, 0.25) is 0 Å². The summed E-state index contributed by atoms with van der Waals surface area (Å²) in [5.74, 6) is 0.00101. The highest BCUT2D eigenvalue weighted by Crippen LogP contribution is 2.28. The second-order valence-electron chi connectivity index (χ2n) is 5.89. The fraction of sp³-hybridized carbons (Fsp3) is 0.263. The predicted molar refractivity (Wildman–Crippen MR) is 95.7 cm³/mol. The Labute approximate surface area is 146 Å². The van der Waals surface area contributed by atoms with Crippen molar-refractivity contribution in [2.75, 3.05) is 13.7 Å². The fourth-order valence-corrected chi connectivity index (χ4v) is 2.81. The molecule has 1 heterocycles. The summed E-state index contributed by atoms with van der Waals surface area (Å²) in [5, 5.41) is 4.89. The first-order chi connectivity index (χ1) is 12.1. The van der Waals surface area contributed by atoms with Crippen molar-refractivity contribution in [2.24, 2.45) is 12.8 Å². The first kappa shape index (κ1) is 17.0. The van der Waals surface area contributed by atoms with Crippen LogP contribution in [0.25, 0.3) is 10.9 Å². The van der Waals surface area contributed by atoms with E-state index in [4.69, 9.17) is 15.2 Å². The van der Waals surface area contributed by atoms with Gasteiger partial charge >= 0.3 is 5.97 Å². The molecule has 2 aromatic carbocycles. The third-order valence-corrected chi connectivity index (χ3v) is 4.08. The van der Waals surface area contributed by atoms with Crippen LogP contribution in [-0.4, -0.2) is 35.5 Å². The molecular weight excluding hydrogens is 318 g/mol. The van der Waals surface area contributed by atoms with E-state index in [9.17, 15) is 4.79 Å². The Morgan fingerprint density at radius 2 is 2.00 bits per heavy atom. The fourth-order valence-electron chi connectivity index (χ4n) is 2.81. The lowest BCUT2D eigenvalue weighted by atomic mass is 10.1. The van der Waals surface area contributed by atoms with Gasteiger partial charge in [0.25, 0.3) is 0 Å². The number of fused-ring (bicyclic) bond motifs is 1. The van der Waals surface area contributed by atoms with Crippen LogP contribution in [0.2, 0.25) is 0 Å². The van der Waals surface area contributed by atoms with Gasteiger partial charge in [0, 0.05) is 18.5 Å². The molecule has 3 rings (SSSR count). The molecule has 1 unspecified atom stereocenters. The molecule has 1 aromatic heterocycles. The molecule has 3 aromatic rings. The Balaban J connectivity index is 1.80. The zero-order valence-electron chi connectivity index (χ0n) is 14.3. The Hall–Kier alpha value is -2.86. The number of nitrogens with zero attached hydrogens (tertiary/aromatic N) is 2. The highest BCUT2D eigenvalue weighted by Gasteiger charge is 2.20. The highest BCUT2D eigenvalue weighted by atomic mass is 16.5. The first-order valence-electron chi connectivity index (χ1n) is 8.05. The monoisotopic (exact) mass is 339 g/mol. The van der Waals surface area contributed by atoms with Crippen LogP contribution in [0.5, 0.6) is 5.75 Å². The summed E-state index contributed by atoms with van der Waals surface area (Å²) in [7, 11) is 3.17. The number of esters is 1. The predicted octanol–water partition coefficient (Wildman–Crippen LogP) is 2.31. The van der Waals surface area contributed by atoms with Crippen molar-refractivity contribution in [1.82, 2.24) is 9.78 Å². The number of benzene rings is 2. The molecule has 1 atom stereocenters. The Kier molecular flexibility index (Phi) is 5.00. The van der Waals surface area contributed by atoms with Crippen molar-refractivity contribution in [3.63, 3.8) is 0 Å². The summed E-state index contributed by atoms with van der Waals surface area (Å²) in [5.41, 5.74) is 8.53. The van der Waals surface area contributed by atoms with Crippen molar-refractivity contribution in [2.45, 2.75) is 12.5 Å². The number of hydrogen-bond donors (Lipinski definition) is 1. The normalized spacial score (nSPS) is 12.1. The van der Waals surface area contributed by atoms with E-state index < -0.39 is 5.97 Å². The van der Waals surface area contributed by atoms with E-state index >= 15 is 0 Å². The molecular formula is C19H21N3O3. The molecule has 6 heteroatoms. The molecule has 0 radical (unpaired) electrons. The van der Waals surface area contributed by atoms with Crippen LogP contribution in [-0.2, 0) is 18.2 Å². The molecule has 2 N–H and O–H groups in total. The van der Waals surface area contributed by atoms with E-state index in [2.05, 4.69) is 5.10 Å². The summed E-state index contributed by atoms with van der Waals surface area (Å²) < 4.78 is 12.5. The molecule has 6 nitrogen and oxygen atoms in total. The molecule has 0 saturated heterocycles. The van der Waals surface area contributed by atoms with Crippen LogP contribution in [0.3, 0.4) is 0 Å². The van der Waals surface area contributed by atoms with Crippen LogP contribution in [0, 0.1) is 0 Å². The lowest BCUT2D eigenvalue weighted by Gasteiger charge is -2.15. The number of ether oxygens (including phenoxy) is 2. The molecule has 0 fully saturated rings. The largest absolute Gasteiger partial charge is 0.491 e. The lowest BCUT2D eigenvalue weighted by molar-refractivity contribution is 0.0598. The maximum Gasteiger partial charge on any atom is 0.342 e. The van der Waals surface area contributed by atoms with E-state index in [-0.39, 0.29) is 6.04 Å². The van der Waals surface area contributed by atoms with Gasteiger partial charge in [0.05, 0.1) is 18.8 Å². The van der Waals surface area contributed by atoms with Crippen LogP contribution >= 0.6 is 0 Å². The molecule has 130 valence electrons. The van der Waals surface area contributed by atoms with E-state index in [1.54, 1.807) is 16.9 Å². The summed E-state index contributed by atoms with van der Waals surface area (Å²) >= 11 is 0.